The fourth-order valence-corrected chi connectivity index (χ4v) is 1.46. The van der Waals surface area contributed by atoms with E-state index < -0.39 is 0 Å². The normalized spacial score (nSPS) is 12.2. The molecule has 1 aromatic rings. The molecule has 2 N–H and O–H groups in total. The molecule has 0 saturated carbocycles. The second kappa shape index (κ2) is 7.13. The average molecular weight is 233 g/mol. The third kappa shape index (κ3) is 5.05. The van der Waals surface area contributed by atoms with Crippen LogP contribution >= 0.6 is 0 Å². The van der Waals surface area contributed by atoms with Crippen LogP contribution in [0.2, 0.25) is 0 Å². The zero-order valence-corrected chi connectivity index (χ0v) is 10.9. The Kier molecular flexibility index (Phi) is 5.78. The number of rotatable bonds is 7. The molecule has 2 heteroatoms. The summed E-state index contributed by atoms with van der Waals surface area (Å²) in [4.78, 5) is 0. The van der Waals surface area contributed by atoms with Gasteiger partial charge < -0.3 is 10.5 Å². The molecule has 0 fully saturated rings. The first kappa shape index (κ1) is 13.8. The first-order chi connectivity index (χ1) is 8.15. The van der Waals surface area contributed by atoms with Gasteiger partial charge in [-0.25, -0.2) is 0 Å². The van der Waals surface area contributed by atoms with Crippen LogP contribution in [0.25, 0.3) is 0 Å². The van der Waals surface area contributed by atoms with Gasteiger partial charge in [0.05, 0.1) is 0 Å². The molecule has 17 heavy (non-hydrogen) atoms. The lowest BCUT2D eigenvalue weighted by Gasteiger charge is -2.10. The van der Waals surface area contributed by atoms with Crippen molar-refractivity contribution in [2.24, 2.45) is 5.73 Å². The van der Waals surface area contributed by atoms with Crippen molar-refractivity contribution >= 4 is 0 Å². The molecule has 0 heterocycles. The maximum atomic E-state index is 5.92. The smallest absolute Gasteiger partial charge is 0.119 e. The van der Waals surface area contributed by atoms with Crippen molar-refractivity contribution in [1.82, 2.24) is 0 Å². The number of hydrogen-bond acceptors (Lipinski definition) is 2. The monoisotopic (exact) mass is 233 g/mol. The molecule has 0 spiro atoms. The van der Waals surface area contributed by atoms with Gasteiger partial charge in [0.15, 0.2) is 0 Å². The van der Waals surface area contributed by atoms with Crippen molar-refractivity contribution in [1.29, 1.82) is 0 Å². The molecule has 1 atom stereocenters. The summed E-state index contributed by atoms with van der Waals surface area (Å²) >= 11 is 0. The van der Waals surface area contributed by atoms with E-state index in [-0.39, 0.29) is 6.04 Å². The van der Waals surface area contributed by atoms with Crippen molar-refractivity contribution in [2.45, 2.75) is 39.2 Å². The van der Waals surface area contributed by atoms with Crippen molar-refractivity contribution in [3.63, 3.8) is 0 Å². The first-order valence-corrected chi connectivity index (χ1v) is 6.29. The molecule has 1 aromatic carbocycles. The minimum absolute atomic E-state index is 0.252. The maximum absolute atomic E-state index is 5.92. The van der Waals surface area contributed by atoms with Crippen LogP contribution in [-0.4, -0.2) is 12.6 Å². The average Bonchev–Trinajstić information content (AvgIpc) is 2.37. The van der Waals surface area contributed by atoms with Gasteiger partial charge in [0.25, 0.3) is 0 Å². The minimum atomic E-state index is 0.252. The third-order valence-electron chi connectivity index (χ3n) is 2.89. The summed E-state index contributed by atoms with van der Waals surface area (Å²) in [6, 6.07) is 8.42. The summed E-state index contributed by atoms with van der Waals surface area (Å²) in [7, 11) is 0. The van der Waals surface area contributed by atoms with Crippen molar-refractivity contribution < 1.29 is 4.74 Å². The summed E-state index contributed by atoms with van der Waals surface area (Å²) in [6.07, 6.45) is 2.90. The molecule has 0 amide bonds. The predicted molar refractivity (Wildman–Crippen MR) is 73.3 cm³/mol. The molecular formula is C15H23NO. The summed E-state index contributed by atoms with van der Waals surface area (Å²) in [5.41, 5.74) is 8.29. The highest BCUT2D eigenvalue weighted by Gasteiger charge is 2.02. The molecule has 0 aliphatic rings. The van der Waals surface area contributed by atoms with Gasteiger partial charge in [-0.05, 0) is 42.5 Å². The van der Waals surface area contributed by atoms with Crippen LogP contribution in [0.3, 0.4) is 0 Å². The van der Waals surface area contributed by atoms with E-state index >= 15 is 0 Å². The molecular weight excluding hydrogens is 210 g/mol. The third-order valence-corrected chi connectivity index (χ3v) is 2.89. The van der Waals surface area contributed by atoms with Gasteiger partial charge in [-0.15, -0.1) is 0 Å². The van der Waals surface area contributed by atoms with Gasteiger partial charge in [-0.2, -0.15) is 0 Å². The van der Waals surface area contributed by atoms with E-state index in [0.717, 1.165) is 30.6 Å². The summed E-state index contributed by atoms with van der Waals surface area (Å²) < 4.78 is 5.61. The summed E-state index contributed by atoms with van der Waals surface area (Å²) in [5, 5.41) is 0. The van der Waals surface area contributed by atoms with Gasteiger partial charge in [0.2, 0.25) is 0 Å². The van der Waals surface area contributed by atoms with E-state index in [9.17, 15) is 0 Å². The molecule has 0 bridgehead atoms. The highest BCUT2D eigenvalue weighted by atomic mass is 16.5. The molecule has 1 unspecified atom stereocenters. The molecule has 0 aliphatic carbocycles. The number of benzene rings is 1. The van der Waals surface area contributed by atoms with E-state index in [1.807, 2.05) is 12.1 Å². The van der Waals surface area contributed by atoms with Gasteiger partial charge in [-0.3, -0.25) is 0 Å². The highest BCUT2D eigenvalue weighted by molar-refractivity contribution is 5.28. The number of nitrogens with two attached hydrogens (primary N) is 1. The number of hydrogen-bond donors (Lipinski definition) is 1. The predicted octanol–water partition coefficient (Wildman–Crippen LogP) is 3.31. The number of ether oxygens (including phenoxy) is 1. The van der Waals surface area contributed by atoms with Crippen LogP contribution in [0.4, 0.5) is 0 Å². The second-order valence-corrected chi connectivity index (χ2v) is 4.41. The van der Waals surface area contributed by atoms with Crippen LogP contribution < -0.4 is 10.5 Å². The Hall–Kier alpha value is -1.28. The Labute approximate surface area is 104 Å². The van der Waals surface area contributed by atoms with Crippen molar-refractivity contribution in [3.8, 4) is 5.75 Å². The molecule has 2 nitrogen and oxygen atoms in total. The lowest BCUT2D eigenvalue weighted by molar-refractivity contribution is 0.349. The Morgan fingerprint density at radius 2 is 1.94 bits per heavy atom. The van der Waals surface area contributed by atoms with Gasteiger partial charge in [0.1, 0.15) is 12.4 Å². The fourth-order valence-electron chi connectivity index (χ4n) is 1.46. The van der Waals surface area contributed by atoms with Crippen LogP contribution in [0.5, 0.6) is 5.75 Å². The summed E-state index contributed by atoms with van der Waals surface area (Å²) in [6.45, 7) is 8.71. The van der Waals surface area contributed by atoms with Crippen LogP contribution in [0.1, 0.15) is 32.3 Å². The second-order valence-electron chi connectivity index (χ2n) is 4.41. The van der Waals surface area contributed by atoms with E-state index in [2.05, 4.69) is 32.6 Å². The van der Waals surface area contributed by atoms with Gasteiger partial charge >= 0.3 is 0 Å². The largest absolute Gasteiger partial charge is 0.489 e. The topological polar surface area (TPSA) is 35.2 Å². The Morgan fingerprint density at radius 3 is 2.47 bits per heavy atom. The van der Waals surface area contributed by atoms with E-state index in [4.69, 9.17) is 10.5 Å². The molecule has 94 valence electrons. The highest BCUT2D eigenvalue weighted by Crippen LogP contribution is 2.14. The molecule has 0 aromatic heterocycles. The Morgan fingerprint density at radius 1 is 1.29 bits per heavy atom. The van der Waals surface area contributed by atoms with E-state index in [0.29, 0.717) is 6.61 Å². The lowest BCUT2D eigenvalue weighted by Crippen LogP contribution is -2.21. The Balaban J connectivity index is 2.47. The molecule has 0 radical (unpaired) electrons. The zero-order chi connectivity index (χ0) is 12.7. The molecule has 0 saturated heterocycles. The fraction of sp³-hybridized carbons (Fsp3) is 0.467. The molecule has 0 aliphatic heterocycles. The van der Waals surface area contributed by atoms with E-state index in [1.165, 1.54) is 5.56 Å². The van der Waals surface area contributed by atoms with Gasteiger partial charge in [0, 0.05) is 6.04 Å². The lowest BCUT2D eigenvalue weighted by atomic mass is 10.0. The first-order valence-electron chi connectivity index (χ1n) is 6.29. The van der Waals surface area contributed by atoms with Gasteiger partial charge in [-0.1, -0.05) is 32.6 Å². The zero-order valence-electron chi connectivity index (χ0n) is 10.9. The van der Waals surface area contributed by atoms with Crippen molar-refractivity contribution in [2.75, 3.05) is 6.61 Å². The van der Waals surface area contributed by atoms with Crippen LogP contribution in [0.15, 0.2) is 36.4 Å². The summed E-state index contributed by atoms with van der Waals surface area (Å²) in [5.74, 6) is 0.897. The SMILES string of the molecule is C=C(CC)COc1ccc(CC(N)CC)cc1. The minimum Gasteiger partial charge on any atom is -0.489 e. The Bertz CT molecular complexity index is 342. The van der Waals surface area contributed by atoms with Crippen molar-refractivity contribution in [3.05, 3.63) is 42.0 Å². The standard InChI is InChI=1S/C15H23NO/c1-4-12(3)11-17-15-8-6-13(7-9-15)10-14(16)5-2/h6-9,14H,3-5,10-11,16H2,1-2H3. The molecule has 1 rings (SSSR count). The van der Waals surface area contributed by atoms with Crippen LogP contribution in [-0.2, 0) is 6.42 Å². The van der Waals surface area contributed by atoms with Crippen LogP contribution in [0, 0.1) is 0 Å². The maximum Gasteiger partial charge on any atom is 0.119 e. The quantitative estimate of drug-likeness (QED) is 0.733. The van der Waals surface area contributed by atoms with E-state index in [1.54, 1.807) is 0 Å².